The van der Waals surface area contributed by atoms with Gasteiger partial charge in [0.15, 0.2) is 5.72 Å². The molecular weight excluding hydrogens is 230 g/mol. The molecule has 2 bridgehead atoms. The number of fused-ring (bicyclic) bond motifs is 2. The molecule has 4 nitrogen and oxygen atoms in total. The highest BCUT2D eigenvalue weighted by atomic mass is 16.7. The summed E-state index contributed by atoms with van der Waals surface area (Å²) in [5.41, 5.74) is -0.922. The van der Waals surface area contributed by atoms with E-state index in [0.717, 1.165) is 38.5 Å². The number of rotatable bonds is 0. The van der Waals surface area contributed by atoms with Gasteiger partial charge in [0.05, 0.1) is 18.1 Å². The van der Waals surface area contributed by atoms with Gasteiger partial charge in [0, 0.05) is 6.42 Å². The highest BCUT2D eigenvalue weighted by Crippen LogP contribution is 2.53. The molecule has 3 fully saturated rings. The van der Waals surface area contributed by atoms with Crippen molar-refractivity contribution in [1.29, 1.82) is 0 Å². The summed E-state index contributed by atoms with van der Waals surface area (Å²) in [5, 5.41) is 1.56. The Kier molecular flexibility index (Phi) is 2.19. The van der Waals surface area contributed by atoms with Crippen molar-refractivity contribution < 1.29 is 14.4 Å². The van der Waals surface area contributed by atoms with Crippen LogP contribution in [0.1, 0.15) is 44.9 Å². The SMILES string of the molecule is O=C1N2OCCC[C@@]23C=C[C@H](O3)C12CCCCC2. The summed E-state index contributed by atoms with van der Waals surface area (Å²) in [7, 11) is 0. The second kappa shape index (κ2) is 3.58. The average Bonchev–Trinajstić information content (AvgIpc) is 2.81. The fourth-order valence-corrected chi connectivity index (χ4v) is 4.02. The van der Waals surface area contributed by atoms with Crippen LogP contribution in [0, 0.1) is 5.41 Å². The molecule has 0 N–H and O–H groups in total. The van der Waals surface area contributed by atoms with Crippen LogP contribution in [0.2, 0.25) is 0 Å². The van der Waals surface area contributed by atoms with Crippen LogP contribution in [0.4, 0.5) is 0 Å². The maximum Gasteiger partial charge on any atom is 0.258 e. The Morgan fingerprint density at radius 2 is 2.00 bits per heavy atom. The largest absolute Gasteiger partial charge is 0.341 e. The van der Waals surface area contributed by atoms with E-state index in [2.05, 4.69) is 12.2 Å². The van der Waals surface area contributed by atoms with Gasteiger partial charge in [-0.25, -0.2) is 0 Å². The summed E-state index contributed by atoms with van der Waals surface area (Å²) >= 11 is 0. The van der Waals surface area contributed by atoms with Gasteiger partial charge >= 0.3 is 0 Å². The van der Waals surface area contributed by atoms with Gasteiger partial charge in [0.25, 0.3) is 5.91 Å². The van der Waals surface area contributed by atoms with Crippen LogP contribution in [0.15, 0.2) is 12.2 Å². The first kappa shape index (κ1) is 11.0. The first-order valence-corrected chi connectivity index (χ1v) is 7.12. The predicted molar refractivity (Wildman–Crippen MR) is 64.3 cm³/mol. The van der Waals surface area contributed by atoms with Crippen molar-refractivity contribution in [2.45, 2.75) is 56.8 Å². The van der Waals surface area contributed by atoms with E-state index in [-0.39, 0.29) is 17.4 Å². The van der Waals surface area contributed by atoms with Gasteiger partial charge in [-0.05, 0) is 25.3 Å². The summed E-state index contributed by atoms with van der Waals surface area (Å²) in [5.74, 6) is 0.170. The molecule has 2 atom stereocenters. The summed E-state index contributed by atoms with van der Waals surface area (Å²) < 4.78 is 6.22. The van der Waals surface area contributed by atoms with Gasteiger partial charge in [0.1, 0.15) is 0 Å². The van der Waals surface area contributed by atoms with E-state index in [9.17, 15) is 4.79 Å². The number of hydrogen-bond acceptors (Lipinski definition) is 3. The van der Waals surface area contributed by atoms with Gasteiger partial charge in [-0.15, -0.1) is 0 Å². The smallest absolute Gasteiger partial charge is 0.258 e. The standard InChI is InChI=1S/C14H19NO3/c16-12-13(6-2-1-3-7-13)11-5-9-14(18-11)8-4-10-17-15(12)14/h5,9,11H,1-4,6-8,10H2/t11-,14+/m0/s1. The highest BCUT2D eigenvalue weighted by molar-refractivity contribution is 5.85. The Bertz CT molecular complexity index is 413. The third-order valence-corrected chi connectivity index (χ3v) is 5.01. The van der Waals surface area contributed by atoms with Crippen LogP contribution in [0.25, 0.3) is 0 Å². The third-order valence-electron chi connectivity index (χ3n) is 5.01. The molecule has 98 valence electrons. The van der Waals surface area contributed by atoms with Crippen LogP contribution in [-0.4, -0.2) is 29.4 Å². The fraction of sp³-hybridized carbons (Fsp3) is 0.786. The Hall–Kier alpha value is -0.870. The molecule has 0 aromatic heterocycles. The molecule has 1 amide bonds. The van der Waals surface area contributed by atoms with Crippen molar-refractivity contribution in [3.8, 4) is 0 Å². The Balaban J connectivity index is 1.76. The summed E-state index contributed by atoms with van der Waals surface area (Å²) in [6.45, 7) is 0.630. The van der Waals surface area contributed by atoms with Gasteiger partial charge < -0.3 is 4.74 Å². The molecule has 0 unspecified atom stereocenters. The number of nitrogens with zero attached hydrogens (tertiary/aromatic N) is 1. The summed E-state index contributed by atoms with van der Waals surface area (Å²) in [6, 6.07) is 0. The van der Waals surface area contributed by atoms with E-state index in [4.69, 9.17) is 9.57 Å². The van der Waals surface area contributed by atoms with Crippen molar-refractivity contribution in [3.05, 3.63) is 12.2 Å². The van der Waals surface area contributed by atoms with Crippen molar-refractivity contribution in [2.75, 3.05) is 6.61 Å². The van der Waals surface area contributed by atoms with Gasteiger partial charge in [0.2, 0.25) is 0 Å². The Morgan fingerprint density at radius 3 is 2.83 bits per heavy atom. The van der Waals surface area contributed by atoms with Gasteiger partial charge in [-0.1, -0.05) is 25.3 Å². The van der Waals surface area contributed by atoms with Crippen molar-refractivity contribution in [3.63, 3.8) is 0 Å². The number of amides is 1. The lowest BCUT2D eigenvalue weighted by molar-refractivity contribution is -0.333. The quantitative estimate of drug-likeness (QED) is 0.617. The normalized spacial score (nSPS) is 41.2. The minimum Gasteiger partial charge on any atom is -0.341 e. The van der Waals surface area contributed by atoms with E-state index < -0.39 is 5.72 Å². The molecule has 4 heteroatoms. The molecule has 2 saturated heterocycles. The fourth-order valence-electron chi connectivity index (χ4n) is 4.02. The maximum atomic E-state index is 12.9. The average molecular weight is 249 g/mol. The first-order chi connectivity index (χ1) is 8.77. The Morgan fingerprint density at radius 1 is 1.17 bits per heavy atom. The van der Waals surface area contributed by atoms with Crippen LogP contribution in [0.5, 0.6) is 0 Å². The van der Waals surface area contributed by atoms with E-state index in [0.29, 0.717) is 6.61 Å². The van der Waals surface area contributed by atoms with Crippen molar-refractivity contribution in [2.24, 2.45) is 5.41 Å². The van der Waals surface area contributed by atoms with E-state index in [1.54, 1.807) is 5.06 Å². The molecule has 1 aliphatic carbocycles. The molecule has 18 heavy (non-hydrogen) atoms. The van der Waals surface area contributed by atoms with E-state index >= 15 is 0 Å². The Labute approximate surface area is 107 Å². The second-order valence-electron chi connectivity index (χ2n) is 6.00. The minimum atomic E-state index is -0.581. The molecule has 4 rings (SSSR count). The zero-order valence-corrected chi connectivity index (χ0v) is 10.6. The van der Waals surface area contributed by atoms with Crippen molar-refractivity contribution in [1.82, 2.24) is 5.06 Å². The molecule has 2 spiro atoms. The van der Waals surface area contributed by atoms with Crippen LogP contribution >= 0.6 is 0 Å². The number of hydroxylamine groups is 2. The van der Waals surface area contributed by atoms with Crippen LogP contribution < -0.4 is 0 Å². The molecule has 0 aromatic rings. The molecule has 3 heterocycles. The second-order valence-corrected chi connectivity index (χ2v) is 6.00. The lowest BCUT2D eigenvalue weighted by Crippen LogP contribution is -2.65. The number of hydrogen-bond donors (Lipinski definition) is 0. The van der Waals surface area contributed by atoms with Crippen molar-refractivity contribution >= 4 is 5.91 Å². The topological polar surface area (TPSA) is 38.8 Å². The zero-order valence-electron chi connectivity index (χ0n) is 10.6. The molecular formula is C14H19NO3. The first-order valence-electron chi connectivity index (χ1n) is 7.12. The number of carbonyl (C=O) groups excluding carboxylic acids is 1. The van der Waals surface area contributed by atoms with Gasteiger partial charge in [-0.2, -0.15) is 5.06 Å². The third kappa shape index (κ3) is 1.20. The summed E-state index contributed by atoms with van der Waals surface area (Å²) in [4.78, 5) is 18.5. The number of ether oxygens (including phenoxy) is 1. The minimum absolute atomic E-state index is 0.0248. The number of carbonyl (C=O) groups is 1. The highest BCUT2D eigenvalue weighted by Gasteiger charge is 2.62. The molecule has 1 saturated carbocycles. The molecule has 4 aliphatic rings. The lowest BCUT2D eigenvalue weighted by atomic mass is 9.69. The van der Waals surface area contributed by atoms with Gasteiger partial charge in [-0.3, -0.25) is 9.63 Å². The summed E-state index contributed by atoms with van der Waals surface area (Å²) in [6.07, 6.45) is 11.3. The van der Waals surface area contributed by atoms with E-state index in [1.165, 1.54) is 6.42 Å². The molecule has 0 radical (unpaired) electrons. The van der Waals surface area contributed by atoms with E-state index in [1.807, 2.05) is 0 Å². The van der Waals surface area contributed by atoms with Crippen LogP contribution in [-0.2, 0) is 14.4 Å². The molecule has 3 aliphatic heterocycles. The molecule has 0 aromatic carbocycles. The van der Waals surface area contributed by atoms with Crippen LogP contribution in [0.3, 0.4) is 0 Å². The maximum absolute atomic E-state index is 12.9. The predicted octanol–water partition coefficient (Wildman–Crippen LogP) is 2.16. The lowest BCUT2D eigenvalue weighted by Gasteiger charge is -2.53. The monoisotopic (exact) mass is 249 g/mol. The zero-order chi connectivity index (χ0) is 12.2.